The van der Waals surface area contributed by atoms with Crippen LogP contribution >= 0.6 is 0 Å². The molecule has 3 rings (SSSR count). The first kappa shape index (κ1) is 17.1. The number of fused-ring (bicyclic) bond motifs is 1. The van der Waals surface area contributed by atoms with E-state index in [0.717, 1.165) is 11.3 Å². The minimum Gasteiger partial charge on any atom is -0.490 e. The van der Waals surface area contributed by atoms with Crippen LogP contribution in [0, 0.1) is 0 Å². The van der Waals surface area contributed by atoms with Crippen molar-refractivity contribution in [1.29, 1.82) is 0 Å². The molecule has 1 aliphatic rings. The van der Waals surface area contributed by atoms with Gasteiger partial charge in [0.15, 0.2) is 11.5 Å². The molecule has 1 atom stereocenters. The van der Waals surface area contributed by atoms with Crippen molar-refractivity contribution in [1.82, 2.24) is 5.32 Å². The minimum atomic E-state index is -0.171. The molecule has 0 aliphatic carbocycles. The van der Waals surface area contributed by atoms with Crippen molar-refractivity contribution in [2.75, 3.05) is 13.2 Å². The van der Waals surface area contributed by atoms with Crippen LogP contribution in [0.3, 0.4) is 0 Å². The van der Waals surface area contributed by atoms with Gasteiger partial charge in [-0.1, -0.05) is 18.2 Å². The second kappa shape index (κ2) is 7.47. The van der Waals surface area contributed by atoms with Crippen LogP contribution in [0.2, 0.25) is 0 Å². The molecule has 0 saturated heterocycles. The zero-order valence-corrected chi connectivity index (χ0v) is 14.7. The standard InChI is InChI=1S/C20H23NO4/c1-13(2)25-17-7-5-4-6-16(17)20(22)21-14(3)15-8-9-18-19(12-15)24-11-10-23-18/h4-9,12-14H,10-11H2,1-3H3,(H,21,22)/t14-/m0/s1. The van der Waals surface area contributed by atoms with E-state index in [1.54, 1.807) is 6.07 Å². The number of hydrogen-bond acceptors (Lipinski definition) is 4. The fraction of sp³-hybridized carbons (Fsp3) is 0.350. The molecule has 0 radical (unpaired) electrons. The van der Waals surface area contributed by atoms with Crippen molar-refractivity contribution in [3.63, 3.8) is 0 Å². The van der Waals surface area contributed by atoms with E-state index in [4.69, 9.17) is 14.2 Å². The molecule has 0 saturated carbocycles. The van der Waals surface area contributed by atoms with Gasteiger partial charge in [0.05, 0.1) is 17.7 Å². The van der Waals surface area contributed by atoms with E-state index in [-0.39, 0.29) is 18.1 Å². The van der Waals surface area contributed by atoms with Gasteiger partial charge in [-0.25, -0.2) is 0 Å². The summed E-state index contributed by atoms with van der Waals surface area (Å²) in [7, 11) is 0. The lowest BCUT2D eigenvalue weighted by atomic mass is 10.1. The topological polar surface area (TPSA) is 56.8 Å². The Bertz CT molecular complexity index is 757. The van der Waals surface area contributed by atoms with Crippen LogP contribution in [-0.4, -0.2) is 25.2 Å². The van der Waals surface area contributed by atoms with Crippen LogP contribution in [0.4, 0.5) is 0 Å². The maximum absolute atomic E-state index is 12.7. The number of carbonyl (C=O) groups is 1. The first-order chi connectivity index (χ1) is 12.0. The highest BCUT2D eigenvalue weighted by Crippen LogP contribution is 2.32. The number of ether oxygens (including phenoxy) is 3. The van der Waals surface area contributed by atoms with Crippen LogP contribution in [0.25, 0.3) is 0 Å². The summed E-state index contributed by atoms with van der Waals surface area (Å²) in [4.78, 5) is 12.7. The van der Waals surface area contributed by atoms with Crippen molar-refractivity contribution in [2.24, 2.45) is 0 Å². The summed E-state index contributed by atoms with van der Waals surface area (Å²) < 4.78 is 16.9. The highest BCUT2D eigenvalue weighted by molar-refractivity contribution is 5.97. The number of benzene rings is 2. The molecule has 132 valence electrons. The third-order valence-corrected chi connectivity index (χ3v) is 3.91. The molecular weight excluding hydrogens is 318 g/mol. The van der Waals surface area contributed by atoms with Gasteiger partial charge in [-0.3, -0.25) is 4.79 Å². The maximum atomic E-state index is 12.7. The maximum Gasteiger partial charge on any atom is 0.255 e. The lowest BCUT2D eigenvalue weighted by molar-refractivity contribution is 0.0934. The number of rotatable bonds is 5. The smallest absolute Gasteiger partial charge is 0.255 e. The fourth-order valence-electron chi connectivity index (χ4n) is 2.70. The molecule has 1 heterocycles. The van der Waals surface area contributed by atoms with Gasteiger partial charge in [0.1, 0.15) is 19.0 Å². The van der Waals surface area contributed by atoms with E-state index in [1.165, 1.54) is 0 Å². The average molecular weight is 341 g/mol. The van der Waals surface area contributed by atoms with Crippen molar-refractivity contribution in [3.05, 3.63) is 53.6 Å². The van der Waals surface area contributed by atoms with E-state index >= 15 is 0 Å². The molecule has 0 bridgehead atoms. The van der Waals surface area contributed by atoms with E-state index in [9.17, 15) is 4.79 Å². The second-order valence-electron chi connectivity index (χ2n) is 6.26. The van der Waals surface area contributed by atoms with E-state index in [1.807, 2.05) is 57.2 Å². The predicted molar refractivity (Wildman–Crippen MR) is 95.5 cm³/mol. The monoisotopic (exact) mass is 341 g/mol. The molecule has 0 unspecified atom stereocenters. The van der Waals surface area contributed by atoms with Crippen molar-refractivity contribution >= 4 is 5.91 Å². The third kappa shape index (κ3) is 4.05. The molecule has 5 heteroatoms. The van der Waals surface area contributed by atoms with Gasteiger partial charge in [-0.2, -0.15) is 0 Å². The number of carbonyl (C=O) groups excluding carboxylic acids is 1. The Morgan fingerprint density at radius 1 is 1.04 bits per heavy atom. The highest BCUT2D eigenvalue weighted by Gasteiger charge is 2.18. The third-order valence-electron chi connectivity index (χ3n) is 3.91. The number of amides is 1. The molecule has 5 nitrogen and oxygen atoms in total. The van der Waals surface area contributed by atoms with E-state index in [2.05, 4.69) is 5.32 Å². The normalized spacial score (nSPS) is 14.1. The molecule has 2 aromatic carbocycles. The lowest BCUT2D eigenvalue weighted by Gasteiger charge is -2.21. The fourth-order valence-corrected chi connectivity index (χ4v) is 2.70. The largest absolute Gasteiger partial charge is 0.490 e. The van der Waals surface area contributed by atoms with E-state index < -0.39 is 0 Å². The van der Waals surface area contributed by atoms with Gasteiger partial charge in [0.25, 0.3) is 5.91 Å². The quantitative estimate of drug-likeness (QED) is 0.900. The second-order valence-corrected chi connectivity index (χ2v) is 6.26. The van der Waals surface area contributed by atoms with Crippen LogP contribution in [0.1, 0.15) is 42.7 Å². The van der Waals surface area contributed by atoms with Crippen molar-refractivity contribution in [2.45, 2.75) is 32.9 Å². The van der Waals surface area contributed by atoms with Crippen molar-refractivity contribution in [3.8, 4) is 17.2 Å². The summed E-state index contributed by atoms with van der Waals surface area (Å²) >= 11 is 0. The first-order valence-corrected chi connectivity index (χ1v) is 8.50. The van der Waals surface area contributed by atoms with Crippen LogP contribution in [0.15, 0.2) is 42.5 Å². The summed E-state index contributed by atoms with van der Waals surface area (Å²) in [5.41, 5.74) is 1.49. The first-order valence-electron chi connectivity index (χ1n) is 8.50. The molecule has 1 amide bonds. The summed E-state index contributed by atoms with van der Waals surface area (Å²) in [6.45, 7) is 6.91. The van der Waals surface area contributed by atoms with Crippen LogP contribution in [0.5, 0.6) is 17.2 Å². The Kier molecular flexibility index (Phi) is 5.12. The minimum absolute atomic E-state index is 0.00386. The molecular formula is C20H23NO4. The Labute approximate surface area is 147 Å². The Morgan fingerprint density at radius 3 is 2.52 bits per heavy atom. The summed E-state index contributed by atoms with van der Waals surface area (Å²) in [6.07, 6.45) is 0.00386. The Balaban J connectivity index is 1.75. The molecule has 0 aromatic heterocycles. The molecule has 25 heavy (non-hydrogen) atoms. The zero-order chi connectivity index (χ0) is 17.8. The zero-order valence-electron chi connectivity index (χ0n) is 14.7. The molecule has 0 fully saturated rings. The number of nitrogens with one attached hydrogen (secondary N) is 1. The highest BCUT2D eigenvalue weighted by atomic mass is 16.6. The van der Waals surface area contributed by atoms with Gasteiger partial charge in [-0.15, -0.1) is 0 Å². The summed E-state index contributed by atoms with van der Waals surface area (Å²) in [5.74, 6) is 1.88. The molecule has 2 aromatic rings. The van der Waals surface area contributed by atoms with Gasteiger partial charge in [0, 0.05) is 0 Å². The van der Waals surface area contributed by atoms with Gasteiger partial charge < -0.3 is 19.5 Å². The Morgan fingerprint density at radius 2 is 1.76 bits per heavy atom. The van der Waals surface area contributed by atoms with E-state index in [0.29, 0.717) is 30.3 Å². The van der Waals surface area contributed by atoms with Crippen LogP contribution < -0.4 is 19.5 Å². The van der Waals surface area contributed by atoms with Gasteiger partial charge >= 0.3 is 0 Å². The molecule has 1 aliphatic heterocycles. The lowest BCUT2D eigenvalue weighted by Crippen LogP contribution is -2.27. The number of hydrogen-bond donors (Lipinski definition) is 1. The number of para-hydroxylation sites is 1. The van der Waals surface area contributed by atoms with Crippen LogP contribution in [-0.2, 0) is 0 Å². The van der Waals surface area contributed by atoms with Gasteiger partial charge in [-0.05, 0) is 50.6 Å². The van der Waals surface area contributed by atoms with Crippen molar-refractivity contribution < 1.29 is 19.0 Å². The predicted octanol–water partition coefficient (Wildman–Crippen LogP) is 3.74. The molecule has 0 spiro atoms. The molecule has 1 N–H and O–H groups in total. The SMILES string of the molecule is CC(C)Oc1ccccc1C(=O)N[C@@H](C)c1ccc2c(c1)OCCO2. The van der Waals surface area contributed by atoms with Gasteiger partial charge in [0.2, 0.25) is 0 Å². The summed E-state index contributed by atoms with van der Waals surface area (Å²) in [5, 5.41) is 3.02. The Hall–Kier alpha value is -2.69. The summed E-state index contributed by atoms with van der Waals surface area (Å²) in [6, 6.07) is 12.8. The average Bonchev–Trinajstić information content (AvgIpc) is 2.61.